The second-order valence-corrected chi connectivity index (χ2v) is 10.3. The summed E-state index contributed by atoms with van der Waals surface area (Å²) < 4.78 is 27.5. The van der Waals surface area contributed by atoms with E-state index in [1.54, 1.807) is 6.07 Å². The minimum Gasteiger partial charge on any atom is -0.384 e. The van der Waals surface area contributed by atoms with E-state index in [0.717, 1.165) is 31.5 Å². The van der Waals surface area contributed by atoms with Crippen LogP contribution in [0.1, 0.15) is 62.0 Å². The van der Waals surface area contributed by atoms with E-state index in [-0.39, 0.29) is 21.9 Å². The zero-order chi connectivity index (χ0) is 21.7. The highest BCUT2D eigenvalue weighted by molar-refractivity contribution is 7.90. The van der Waals surface area contributed by atoms with Gasteiger partial charge >= 0.3 is 0 Å². The summed E-state index contributed by atoms with van der Waals surface area (Å²) in [7, 11) is -4.16. The van der Waals surface area contributed by atoms with Gasteiger partial charge < -0.3 is 10.6 Å². The molecule has 2 fully saturated rings. The van der Waals surface area contributed by atoms with Crippen molar-refractivity contribution in [2.24, 2.45) is 5.92 Å². The predicted molar refractivity (Wildman–Crippen MR) is 115 cm³/mol. The topological polar surface area (TPSA) is 118 Å². The minimum atomic E-state index is -4.16. The zero-order valence-corrected chi connectivity index (χ0v) is 18.2. The molecule has 1 saturated heterocycles. The van der Waals surface area contributed by atoms with E-state index in [1.165, 1.54) is 18.2 Å². The van der Waals surface area contributed by atoms with Crippen LogP contribution in [0, 0.1) is 5.92 Å². The van der Waals surface area contributed by atoms with Gasteiger partial charge in [0.05, 0.1) is 5.56 Å². The molecule has 1 aliphatic carbocycles. The summed E-state index contributed by atoms with van der Waals surface area (Å²) in [4.78, 5) is 23.8. The highest BCUT2D eigenvalue weighted by atomic mass is 32.2. The lowest BCUT2D eigenvalue weighted by atomic mass is 9.90. The van der Waals surface area contributed by atoms with Crippen molar-refractivity contribution in [3.63, 3.8) is 0 Å². The van der Waals surface area contributed by atoms with Crippen molar-refractivity contribution >= 4 is 27.6 Å². The standard InChI is InChI=1S/C21H27N5O3S/c1-13-11-12-26(21(13,2)3)19-15(9-10-16(23-19)14-7-8-14)20(27)25-30(28,29)18-6-4-5-17(22)24-18/h4-6,9-10,13-14H,7-8,11-12H2,1-3H3,(H2,22,24)(H,25,27). The van der Waals surface area contributed by atoms with Gasteiger partial charge in [-0.25, -0.2) is 14.7 Å². The number of amides is 1. The lowest BCUT2D eigenvalue weighted by molar-refractivity contribution is 0.0981. The van der Waals surface area contributed by atoms with E-state index in [1.807, 2.05) is 6.07 Å². The van der Waals surface area contributed by atoms with Crippen molar-refractivity contribution in [1.29, 1.82) is 0 Å². The Balaban J connectivity index is 1.70. The first-order chi connectivity index (χ1) is 14.1. The highest BCUT2D eigenvalue weighted by Gasteiger charge is 2.41. The molecular weight excluding hydrogens is 402 g/mol. The van der Waals surface area contributed by atoms with Gasteiger partial charge in [0, 0.05) is 23.7 Å². The SMILES string of the molecule is CC1CCN(c2nc(C3CC3)ccc2C(=O)NS(=O)(=O)c2cccc(N)n2)C1(C)C. The molecule has 9 heteroatoms. The Morgan fingerprint density at radius 3 is 2.50 bits per heavy atom. The molecule has 1 saturated carbocycles. The maximum Gasteiger partial charge on any atom is 0.281 e. The van der Waals surface area contributed by atoms with Crippen LogP contribution in [-0.2, 0) is 10.0 Å². The van der Waals surface area contributed by atoms with Crippen LogP contribution in [0.2, 0.25) is 0 Å². The largest absolute Gasteiger partial charge is 0.384 e. The van der Waals surface area contributed by atoms with Gasteiger partial charge in [-0.05, 0) is 63.3 Å². The van der Waals surface area contributed by atoms with Crippen LogP contribution in [0.4, 0.5) is 11.6 Å². The summed E-state index contributed by atoms with van der Waals surface area (Å²) in [6.45, 7) is 7.20. The molecule has 4 rings (SSSR count). The van der Waals surface area contributed by atoms with Crippen LogP contribution in [0.5, 0.6) is 0 Å². The van der Waals surface area contributed by atoms with E-state index in [9.17, 15) is 13.2 Å². The van der Waals surface area contributed by atoms with Crippen molar-refractivity contribution in [3.8, 4) is 0 Å². The number of sulfonamides is 1. The Labute approximate surface area is 177 Å². The zero-order valence-electron chi connectivity index (χ0n) is 17.4. The van der Waals surface area contributed by atoms with Gasteiger partial charge in [0.25, 0.3) is 15.9 Å². The van der Waals surface area contributed by atoms with Crippen molar-refractivity contribution < 1.29 is 13.2 Å². The molecule has 30 heavy (non-hydrogen) atoms. The van der Waals surface area contributed by atoms with Crippen molar-refractivity contribution in [2.45, 2.75) is 56.5 Å². The van der Waals surface area contributed by atoms with Crippen LogP contribution in [0.3, 0.4) is 0 Å². The first-order valence-electron chi connectivity index (χ1n) is 10.2. The van der Waals surface area contributed by atoms with Gasteiger partial charge in [0.15, 0.2) is 5.03 Å². The minimum absolute atomic E-state index is 0.0641. The number of hydrogen-bond acceptors (Lipinski definition) is 7. The Bertz CT molecular complexity index is 1100. The molecule has 1 unspecified atom stereocenters. The summed E-state index contributed by atoms with van der Waals surface area (Å²) in [5.41, 5.74) is 6.60. The number of carbonyl (C=O) groups excluding carboxylic acids is 1. The van der Waals surface area contributed by atoms with Crippen LogP contribution >= 0.6 is 0 Å². The van der Waals surface area contributed by atoms with E-state index in [0.29, 0.717) is 17.7 Å². The lowest BCUT2D eigenvalue weighted by Gasteiger charge is -2.36. The van der Waals surface area contributed by atoms with Crippen molar-refractivity contribution in [1.82, 2.24) is 14.7 Å². The summed E-state index contributed by atoms with van der Waals surface area (Å²) in [5.74, 6) is 0.722. The number of nitrogens with zero attached hydrogens (tertiary/aromatic N) is 3. The van der Waals surface area contributed by atoms with Crippen LogP contribution in [0.15, 0.2) is 35.4 Å². The summed E-state index contributed by atoms with van der Waals surface area (Å²) in [6.07, 6.45) is 3.16. The van der Waals surface area contributed by atoms with Crippen LogP contribution in [0.25, 0.3) is 0 Å². The van der Waals surface area contributed by atoms with E-state index in [2.05, 4.69) is 35.4 Å². The van der Waals surface area contributed by atoms with Gasteiger partial charge in [0.2, 0.25) is 0 Å². The molecule has 8 nitrogen and oxygen atoms in total. The fraction of sp³-hybridized carbons (Fsp3) is 0.476. The number of carbonyl (C=O) groups is 1. The molecule has 3 heterocycles. The summed E-state index contributed by atoms with van der Waals surface area (Å²) in [5, 5.41) is -0.296. The van der Waals surface area contributed by atoms with E-state index >= 15 is 0 Å². The maximum absolute atomic E-state index is 13.1. The molecule has 1 aliphatic heterocycles. The van der Waals surface area contributed by atoms with Crippen LogP contribution < -0.4 is 15.4 Å². The number of nitrogen functional groups attached to an aromatic ring is 1. The van der Waals surface area contributed by atoms with Crippen LogP contribution in [-0.4, -0.2) is 36.4 Å². The quantitative estimate of drug-likeness (QED) is 0.750. The number of aromatic nitrogens is 2. The molecule has 0 spiro atoms. The second-order valence-electron chi connectivity index (χ2n) is 8.71. The molecule has 160 valence electrons. The smallest absolute Gasteiger partial charge is 0.281 e. The third kappa shape index (κ3) is 3.74. The third-order valence-electron chi connectivity index (χ3n) is 6.33. The van der Waals surface area contributed by atoms with Gasteiger partial charge in [-0.15, -0.1) is 0 Å². The van der Waals surface area contributed by atoms with E-state index < -0.39 is 15.9 Å². The Kier molecular flexibility index (Phi) is 4.96. The molecule has 2 aromatic heterocycles. The monoisotopic (exact) mass is 429 g/mol. The predicted octanol–water partition coefficient (Wildman–Crippen LogP) is 2.68. The fourth-order valence-corrected chi connectivity index (χ4v) is 4.81. The molecular formula is C21H27N5O3S. The number of nitrogens with two attached hydrogens (primary N) is 1. The van der Waals surface area contributed by atoms with Gasteiger partial charge in [-0.3, -0.25) is 4.79 Å². The van der Waals surface area contributed by atoms with E-state index in [4.69, 9.17) is 10.7 Å². The molecule has 1 atom stereocenters. The number of rotatable bonds is 5. The first kappa shape index (κ1) is 20.6. The molecule has 2 aromatic rings. The molecule has 3 N–H and O–H groups in total. The second kappa shape index (κ2) is 7.23. The normalized spacial score (nSPS) is 20.9. The highest BCUT2D eigenvalue weighted by Crippen LogP contribution is 2.42. The molecule has 1 amide bonds. The Morgan fingerprint density at radius 2 is 1.90 bits per heavy atom. The van der Waals surface area contributed by atoms with Gasteiger partial charge in [-0.1, -0.05) is 13.0 Å². The van der Waals surface area contributed by atoms with Crippen molar-refractivity contribution in [3.05, 3.63) is 41.6 Å². The summed E-state index contributed by atoms with van der Waals surface area (Å²) in [6, 6.07) is 7.77. The molecule has 2 aliphatic rings. The Hall–Kier alpha value is -2.68. The molecule has 0 radical (unpaired) electrons. The van der Waals surface area contributed by atoms with Gasteiger partial charge in [0.1, 0.15) is 11.6 Å². The lowest BCUT2D eigenvalue weighted by Crippen LogP contribution is -2.44. The number of nitrogens with one attached hydrogen (secondary N) is 1. The fourth-order valence-electron chi connectivity index (χ4n) is 3.87. The number of anilines is 2. The average Bonchev–Trinajstić information content (AvgIpc) is 3.48. The average molecular weight is 430 g/mol. The number of pyridine rings is 2. The van der Waals surface area contributed by atoms with Gasteiger partial charge in [-0.2, -0.15) is 8.42 Å². The van der Waals surface area contributed by atoms with Crippen molar-refractivity contribution in [2.75, 3.05) is 17.2 Å². The third-order valence-corrected chi connectivity index (χ3v) is 7.56. The first-order valence-corrected chi connectivity index (χ1v) is 11.7. The maximum atomic E-state index is 13.1. The molecule has 0 aromatic carbocycles. The number of hydrogen-bond donors (Lipinski definition) is 2. The Morgan fingerprint density at radius 1 is 1.17 bits per heavy atom. The molecule has 0 bridgehead atoms. The summed E-state index contributed by atoms with van der Waals surface area (Å²) >= 11 is 0.